The molecule has 0 spiro atoms. The van der Waals surface area contributed by atoms with Crippen LogP contribution in [0.15, 0.2) is 0 Å². The van der Waals surface area contributed by atoms with Crippen molar-refractivity contribution in [3.63, 3.8) is 0 Å². The van der Waals surface area contributed by atoms with Crippen LogP contribution in [0.2, 0.25) is 0 Å². The van der Waals surface area contributed by atoms with Gasteiger partial charge in [0.1, 0.15) is 0 Å². The molecule has 0 aromatic rings. The van der Waals surface area contributed by atoms with Crippen molar-refractivity contribution in [3.05, 3.63) is 0 Å². The Morgan fingerprint density at radius 3 is 2.40 bits per heavy atom. The number of unbranched alkanes of at least 4 members (excludes halogenated alkanes) is 1. The van der Waals surface area contributed by atoms with E-state index in [-0.39, 0.29) is 28.9 Å². The van der Waals surface area contributed by atoms with Crippen molar-refractivity contribution < 1.29 is 13.2 Å². The Bertz CT molecular complexity index is 440. The van der Waals surface area contributed by atoms with Gasteiger partial charge in [0.05, 0.1) is 17.5 Å². The van der Waals surface area contributed by atoms with Crippen LogP contribution in [0.25, 0.3) is 0 Å². The van der Waals surface area contributed by atoms with E-state index >= 15 is 0 Å². The van der Waals surface area contributed by atoms with Crippen molar-refractivity contribution in [1.29, 1.82) is 0 Å². The number of nitrogens with two attached hydrogens (primary N) is 1. The number of amides is 1. The predicted octanol–water partition coefficient (Wildman–Crippen LogP) is 1.18. The van der Waals surface area contributed by atoms with Gasteiger partial charge in [0.2, 0.25) is 5.91 Å². The number of hydrogen-bond acceptors (Lipinski definition) is 4. The minimum atomic E-state index is -2.99. The van der Waals surface area contributed by atoms with Gasteiger partial charge in [0.25, 0.3) is 0 Å². The number of hydrogen-bond donors (Lipinski definition) is 1. The lowest BCUT2D eigenvalue weighted by Gasteiger charge is -2.35. The lowest BCUT2D eigenvalue weighted by atomic mass is 9.86. The summed E-state index contributed by atoms with van der Waals surface area (Å²) in [5, 5.41) is 0. The number of carbonyl (C=O) groups excluding carboxylic acids is 1. The first-order valence-electron chi connectivity index (χ1n) is 7.35. The fraction of sp³-hybridized carbons (Fsp3) is 0.929. The second-order valence-corrected chi connectivity index (χ2v) is 9.01. The summed E-state index contributed by atoms with van der Waals surface area (Å²) >= 11 is 0. The average molecular weight is 304 g/mol. The zero-order chi connectivity index (χ0) is 15.6. The number of sulfone groups is 1. The van der Waals surface area contributed by atoms with Crippen LogP contribution in [-0.4, -0.2) is 49.4 Å². The highest BCUT2D eigenvalue weighted by Crippen LogP contribution is 2.24. The van der Waals surface area contributed by atoms with Gasteiger partial charge < -0.3 is 10.6 Å². The van der Waals surface area contributed by atoms with E-state index < -0.39 is 15.9 Å². The molecule has 2 atom stereocenters. The summed E-state index contributed by atoms with van der Waals surface area (Å²) in [6.07, 6.45) is 2.38. The molecular formula is C14H28N2O3S. The smallest absolute Gasteiger partial charge is 0.240 e. The molecule has 1 unspecified atom stereocenters. The first-order valence-corrected chi connectivity index (χ1v) is 9.17. The Morgan fingerprint density at radius 1 is 1.40 bits per heavy atom. The van der Waals surface area contributed by atoms with E-state index in [4.69, 9.17) is 5.73 Å². The Hall–Kier alpha value is -0.620. The van der Waals surface area contributed by atoms with Crippen LogP contribution in [0, 0.1) is 5.41 Å². The molecule has 118 valence electrons. The van der Waals surface area contributed by atoms with Crippen molar-refractivity contribution in [2.75, 3.05) is 18.1 Å². The van der Waals surface area contributed by atoms with Gasteiger partial charge in [-0.3, -0.25) is 4.79 Å². The first kappa shape index (κ1) is 17.4. The van der Waals surface area contributed by atoms with Gasteiger partial charge in [-0.05, 0) is 18.3 Å². The van der Waals surface area contributed by atoms with E-state index in [1.54, 1.807) is 4.90 Å². The van der Waals surface area contributed by atoms with E-state index in [2.05, 4.69) is 6.92 Å². The largest absolute Gasteiger partial charge is 0.337 e. The van der Waals surface area contributed by atoms with Gasteiger partial charge in [0, 0.05) is 12.6 Å². The standard InChI is InChI=1S/C14H28N2O3S/c1-5-6-8-16(11-7-9-20(18,19)10-11)13(17)12(15)14(2,3)4/h11-12H,5-10,15H2,1-4H3/t11?,12-/m0/s1. The maximum absolute atomic E-state index is 12.6. The predicted molar refractivity (Wildman–Crippen MR) is 81.1 cm³/mol. The van der Waals surface area contributed by atoms with Crippen LogP contribution in [-0.2, 0) is 14.6 Å². The fourth-order valence-corrected chi connectivity index (χ4v) is 4.10. The normalized spacial score (nSPS) is 23.6. The Balaban J connectivity index is 2.87. The second-order valence-electron chi connectivity index (χ2n) is 6.79. The van der Waals surface area contributed by atoms with Crippen molar-refractivity contribution in [2.24, 2.45) is 11.1 Å². The molecule has 1 aliphatic rings. The minimum Gasteiger partial charge on any atom is -0.337 e. The molecule has 0 aromatic heterocycles. The molecule has 1 heterocycles. The molecule has 1 amide bonds. The van der Waals surface area contributed by atoms with E-state index in [0.717, 1.165) is 12.8 Å². The Morgan fingerprint density at radius 2 is 2.00 bits per heavy atom. The molecule has 0 aliphatic carbocycles. The summed E-state index contributed by atoms with van der Waals surface area (Å²) in [6.45, 7) is 8.44. The van der Waals surface area contributed by atoms with Crippen LogP contribution in [0.4, 0.5) is 0 Å². The summed E-state index contributed by atoms with van der Waals surface area (Å²) in [5.41, 5.74) is 5.74. The van der Waals surface area contributed by atoms with Gasteiger partial charge in [-0.2, -0.15) is 0 Å². The highest BCUT2D eigenvalue weighted by atomic mass is 32.2. The van der Waals surface area contributed by atoms with Crippen LogP contribution in [0.5, 0.6) is 0 Å². The molecule has 0 aromatic carbocycles. The topological polar surface area (TPSA) is 80.5 Å². The molecule has 0 bridgehead atoms. The number of nitrogens with zero attached hydrogens (tertiary/aromatic N) is 1. The highest BCUT2D eigenvalue weighted by molar-refractivity contribution is 7.91. The molecule has 0 radical (unpaired) electrons. The lowest BCUT2D eigenvalue weighted by Crippen LogP contribution is -2.54. The van der Waals surface area contributed by atoms with E-state index in [0.29, 0.717) is 13.0 Å². The highest BCUT2D eigenvalue weighted by Gasteiger charge is 2.38. The monoisotopic (exact) mass is 304 g/mol. The third-order valence-corrected chi connectivity index (χ3v) is 5.63. The van der Waals surface area contributed by atoms with Gasteiger partial charge >= 0.3 is 0 Å². The van der Waals surface area contributed by atoms with Crippen molar-refractivity contribution in [1.82, 2.24) is 4.90 Å². The summed E-state index contributed by atoms with van der Waals surface area (Å²) in [7, 11) is -2.99. The molecule has 20 heavy (non-hydrogen) atoms. The van der Waals surface area contributed by atoms with E-state index in [9.17, 15) is 13.2 Å². The van der Waals surface area contributed by atoms with E-state index in [1.165, 1.54) is 0 Å². The van der Waals surface area contributed by atoms with Crippen LogP contribution in [0.1, 0.15) is 47.0 Å². The minimum absolute atomic E-state index is 0.0827. The van der Waals surface area contributed by atoms with Gasteiger partial charge in [-0.25, -0.2) is 8.42 Å². The molecule has 1 rings (SSSR count). The molecule has 1 aliphatic heterocycles. The number of rotatable bonds is 5. The molecule has 1 saturated heterocycles. The summed E-state index contributed by atoms with van der Waals surface area (Å²) < 4.78 is 23.3. The quantitative estimate of drug-likeness (QED) is 0.827. The third-order valence-electron chi connectivity index (χ3n) is 3.88. The molecule has 5 nitrogen and oxygen atoms in total. The van der Waals surface area contributed by atoms with Gasteiger partial charge in [-0.1, -0.05) is 34.1 Å². The lowest BCUT2D eigenvalue weighted by molar-refractivity contribution is -0.137. The molecule has 2 N–H and O–H groups in total. The van der Waals surface area contributed by atoms with Crippen molar-refractivity contribution >= 4 is 15.7 Å². The second kappa shape index (κ2) is 6.43. The summed E-state index contributed by atoms with van der Waals surface area (Å²) in [5.74, 6) is 0.144. The molecule has 1 fully saturated rings. The van der Waals surface area contributed by atoms with Crippen LogP contribution in [0.3, 0.4) is 0 Å². The summed E-state index contributed by atoms with van der Waals surface area (Å²) in [6, 6.07) is -0.796. The van der Waals surface area contributed by atoms with Gasteiger partial charge in [0.15, 0.2) is 9.84 Å². The number of carbonyl (C=O) groups is 1. The van der Waals surface area contributed by atoms with Crippen molar-refractivity contribution in [3.8, 4) is 0 Å². The zero-order valence-corrected chi connectivity index (χ0v) is 13.9. The molecule has 6 heteroatoms. The SMILES string of the molecule is CCCCN(C(=O)[C@H](N)C(C)(C)C)C1CCS(=O)(=O)C1. The third kappa shape index (κ3) is 4.45. The Kier molecular flexibility index (Phi) is 5.61. The summed E-state index contributed by atoms with van der Waals surface area (Å²) in [4.78, 5) is 14.3. The molecule has 0 saturated carbocycles. The average Bonchev–Trinajstić information content (AvgIpc) is 2.67. The maximum atomic E-state index is 12.6. The first-order chi connectivity index (χ1) is 9.08. The van der Waals surface area contributed by atoms with Crippen LogP contribution < -0.4 is 5.73 Å². The Labute approximate surface area is 122 Å². The molecular weight excluding hydrogens is 276 g/mol. The maximum Gasteiger partial charge on any atom is 0.240 e. The van der Waals surface area contributed by atoms with Crippen molar-refractivity contribution in [2.45, 2.75) is 59.0 Å². The van der Waals surface area contributed by atoms with E-state index in [1.807, 2.05) is 20.8 Å². The van der Waals surface area contributed by atoms with Gasteiger partial charge in [-0.15, -0.1) is 0 Å². The van der Waals surface area contributed by atoms with Crippen LogP contribution >= 0.6 is 0 Å². The zero-order valence-electron chi connectivity index (χ0n) is 13.1. The fourth-order valence-electron chi connectivity index (χ4n) is 2.37.